The first-order valence-corrected chi connectivity index (χ1v) is 12.3. The standard InChI is InChI=1S/C25H31N7O6/c26-17(9-15-11-27-13-29-15)22(34)30-19(8-14-10-28-18-5-2-1-4-16(14)18)24(36)32-7-3-6-21(32)23(35)31-20(12-33)25(37)38/h1-2,4-5,10-11,13,17,19-21,28,33H,3,6-9,12,26H2,(H,27,29)(H,30,34)(H,31,35)(H,37,38). The van der Waals surface area contributed by atoms with Crippen molar-refractivity contribution >= 4 is 34.6 Å². The van der Waals surface area contributed by atoms with Crippen molar-refractivity contribution < 1.29 is 29.4 Å². The third-order valence-corrected chi connectivity index (χ3v) is 6.68. The number of rotatable bonds is 11. The molecule has 1 fully saturated rings. The van der Waals surface area contributed by atoms with Crippen LogP contribution in [0, 0.1) is 0 Å². The predicted octanol–water partition coefficient (Wildman–Crippen LogP) is -0.959. The third kappa shape index (κ3) is 6.01. The Bertz CT molecular complexity index is 1290. The molecule has 4 atom stereocenters. The molecule has 3 aromatic rings. The lowest BCUT2D eigenvalue weighted by molar-refractivity contribution is -0.145. The molecule has 0 saturated carbocycles. The fourth-order valence-electron chi connectivity index (χ4n) is 4.68. The molecule has 0 bridgehead atoms. The highest BCUT2D eigenvalue weighted by Gasteiger charge is 2.39. The number of nitrogens with two attached hydrogens (primary N) is 1. The molecule has 4 unspecified atom stereocenters. The molecule has 13 heteroatoms. The number of nitrogens with zero attached hydrogens (tertiary/aromatic N) is 2. The molecule has 1 aromatic carbocycles. The van der Waals surface area contributed by atoms with E-state index < -0.39 is 54.5 Å². The number of hydrogen-bond acceptors (Lipinski definition) is 7. The number of para-hydroxylation sites is 1. The first kappa shape index (κ1) is 26.8. The second kappa shape index (κ2) is 11.9. The zero-order valence-electron chi connectivity index (χ0n) is 20.6. The first-order chi connectivity index (χ1) is 18.3. The van der Waals surface area contributed by atoms with Crippen molar-refractivity contribution in [2.75, 3.05) is 13.2 Å². The smallest absolute Gasteiger partial charge is 0.328 e. The number of carbonyl (C=O) groups excluding carboxylic acids is 3. The van der Waals surface area contributed by atoms with Crippen LogP contribution >= 0.6 is 0 Å². The Kier molecular flexibility index (Phi) is 8.38. The lowest BCUT2D eigenvalue weighted by Crippen LogP contribution is -2.57. The van der Waals surface area contributed by atoms with Gasteiger partial charge in [-0.15, -0.1) is 0 Å². The van der Waals surface area contributed by atoms with Crippen LogP contribution in [0.5, 0.6) is 0 Å². The lowest BCUT2D eigenvalue weighted by Gasteiger charge is -2.30. The van der Waals surface area contributed by atoms with E-state index in [2.05, 4.69) is 25.6 Å². The van der Waals surface area contributed by atoms with Gasteiger partial charge in [0.05, 0.1) is 19.0 Å². The summed E-state index contributed by atoms with van der Waals surface area (Å²) in [6.07, 6.45) is 5.99. The maximum Gasteiger partial charge on any atom is 0.328 e. The highest BCUT2D eigenvalue weighted by atomic mass is 16.4. The average Bonchev–Trinajstić information content (AvgIpc) is 3.67. The summed E-state index contributed by atoms with van der Waals surface area (Å²) < 4.78 is 0. The van der Waals surface area contributed by atoms with Crippen molar-refractivity contribution in [2.45, 2.75) is 49.9 Å². The number of carboxylic acids is 1. The van der Waals surface area contributed by atoms with Gasteiger partial charge in [-0.1, -0.05) is 18.2 Å². The van der Waals surface area contributed by atoms with E-state index in [-0.39, 0.29) is 19.4 Å². The number of nitrogens with one attached hydrogen (secondary N) is 4. The van der Waals surface area contributed by atoms with Crippen molar-refractivity contribution in [1.82, 2.24) is 30.5 Å². The van der Waals surface area contributed by atoms with Gasteiger partial charge < -0.3 is 41.4 Å². The molecule has 1 aliphatic heterocycles. The van der Waals surface area contributed by atoms with E-state index in [1.54, 1.807) is 12.4 Å². The van der Waals surface area contributed by atoms with Gasteiger partial charge in [-0.2, -0.15) is 0 Å². The number of aromatic nitrogens is 3. The molecule has 1 aliphatic rings. The van der Waals surface area contributed by atoms with Crippen molar-refractivity contribution in [2.24, 2.45) is 5.73 Å². The number of amides is 3. The summed E-state index contributed by atoms with van der Waals surface area (Å²) in [6.45, 7) is -0.524. The van der Waals surface area contributed by atoms with Gasteiger partial charge in [-0.25, -0.2) is 9.78 Å². The van der Waals surface area contributed by atoms with Crippen LogP contribution in [0.15, 0.2) is 43.0 Å². The average molecular weight is 526 g/mol. The fraction of sp³-hybridized carbons (Fsp3) is 0.400. The topological polar surface area (TPSA) is 207 Å². The minimum atomic E-state index is -1.48. The highest BCUT2D eigenvalue weighted by Crippen LogP contribution is 2.23. The molecular weight excluding hydrogens is 494 g/mol. The number of aliphatic hydroxyl groups is 1. The van der Waals surface area contributed by atoms with Crippen LogP contribution in [-0.2, 0) is 32.0 Å². The molecule has 38 heavy (non-hydrogen) atoms. The van der Waals surface area contributed by atoms with E-state index in [1.165, 1.54) is 11.2 Å². The van der Waals surface area contributed by atoms with Crippen molar-refractivity contribution in [3.63, 3.8) is 0 Å². The Morgan fingerprint density at radius 2 is 1.92 bits per heavy atom. The zero-order valence-corrected chi connectivity index (χ0v) is 20.6. The summed E-state index contributed by atoms with van der Waals surface area (Å²) >= 11 is 0. The van der Waals surface area contributed by atoms with Crippen LogP contribution < -0.4 is 16.4 Å². The number of aliphatic carboxylic acids is 1. The van der Waals surface area contributed by atoms with Gasteiger partial charge in [0.2, 0.25) is 17.7 Å². The van der Waals surface area contributed by atoms with Crippen molar-refractivity contribution in [1.29, 1.82) is 0 Å². The SMILES string of the molecule is NC(Cc1cnc[nH]1)C(=O)NC(Cc1c[nH]c2ccccc12)C(=O)N1CCCC1C(=O)NC(CO)C(=O)O. The molecule has 13 nitrogen and oxygen atoms in total. The quantitative estimate of drug-likeness (QED) is 0.166. The van der Waals surface area contributed by atoms with Gasteiger partial charge in [0, 0.05) is 48.4 Å². The molecule has 0 radical (unpaired) electrons. The summed E-state index contributed by atoms with van der Waals surface area (Å²) in [7, 11) is 0. The number of carbonyl (C=O) groups is 4. The van der Waals surface area contributed by atoms with Gasteiger partial charge in [0.1, 0.15) is 18.1 Å². The largest absolute Gasteiger partial charge is 0.480 e. The Balaban J connectivity index is 1.55. The van der Waals surface area contributed by atoms with E-state index in [0.717, 1.165) is 16.5 Å². The number of likely N-dealkylation sites (tertiary alicyclic amines) is 1. The Labute approximate surface area is 217 Å². The zero-order chi connectivity index (χ0) is 27.2. The van der Waals surface area contributed by atoms with Crippen molar-refractivity contribution in [3.8, 4) is 0 Å². The molecule has 1 saturated heterocycles. The Morgan fingerprint density at radius 3 is 2.63 bits per heavy atom. The maximum absolute atomic E-state index is 13.8. The molecule has 8 N–H and O–H groups in total. The molecule has 3 amide bonds. The van der Waals surface area contributed by atoms with E-state index in [1.807, 2.05) is 24.3 Å². The number of hydrogen-bond donors (Lipinski definition) is 7. The number of benzene rings is 1. The third-order valence-electron chi connectivity index (χ3n) is 6.68. The van der Waals surface area contributed by atoms with Crippen LogP contribution in [0.2, 0.25) is 0 Å². The minimum Gasteiger partial charge on any atom is -0.480 e. The molecule has 4 rings (SSSR count). The number of fused-ring (bicyclic) bond motifs is 1. The normalized spacial score (nSPS) is 17.6. The number of H-pyrrole nitrogens is 2. The van der Waals surface area contributed by atoms with Gasteiger partial charge in [-0.3, -0.25) is 14.4 Å². The predicted molar refractivity (Wildman–Crippen MR) is 136 cm³/mol. The van der Waals surface area contributed by atoms with E-state index in [9.17, 15) is 29.4 Å². The monoisotopic (exact) mass is 525 g/mol. The van der Waals surface area contributed by atoms with Gasteiger partial charge >= 0.3 is 5.97 Å². The van der Waals surface area contributed by atoms with E-state index in [4.69, 9.17) is 5.73 Å². The lowest BCUT2D eigenvalue weighted by atomic mass is 10.0. The van der Waals surface area contributed by atoms with Gasteiger partial charge in [0.15, 0.2) is 0 Å². The van der Waals surface area contributed by atoms with E-state index in [0.29, 0.717) is 18.5 Å². The fourth-order valence-corrected chi connectivity index (χ4v) is 4.68. The molecule has 202 valence electrons. The number of aliphatic hydroxyl groups excluding tert-OH is 1. The van der Waals surface area contributed by atoms with Gasteiger partial charge in [-0.05, 0) is 24.5 Å². The molecule has 2 aromatic heterocycles. The van der Waals surface area contributed by atoms with Crippen LogP contribution in [0.1, 0.15) is 24.1 Å². The first-order valence-electron chi connectivity index (χ1n) is 12.3. The number of aromatic amines is 2. The van der Waals surface area contributed by atoms with Crippen LogP contribution in [0.4, 0.5) is 0 Å². The van der Waals surface area contributed by atoms with Crippen molar-refractivity contribution in [3.05, 3.63) is 54.2 Å². The molecule has 0 spiro atoms. The maximum atomic E-state index is 13.8. The van der Waals surface area contributed by atoms with Crippen LogP contribution in [0.25, 0.3) is 10.9 Å². The van der Waals surface area contributed by atoms with E-state index >= 15 is 0 Å². The Morgan fingerprint density at radius 1 is 1.13 bits per heavy atom. The summed E-state index contributed by atoms with van der Waals surface area (Å²) in [5, 5.41) is 24.4. The number of imidazole rings is 1. The van der Waals surface area contributed by atoms with Crippen LogP contribution in [-0.4, -0.2) is 91.1 Å². The number of carboxylic acid groups (broad SMARTS) is 1. The molecule has 0 aliphatic carbocycles. The highest BCUT2D eigenvalue weighted by molar-refractivity contribution is 5.95. The van der Waals surface area contributed by atoms with Gasteiger partial charge in [0.25, 0.3) is 0 Å². The molecular formula is C25H31N7O6. The summed E-state index contributed by atoms with van der Waals surface area (Å²) in [5.41, 5.74) is 8.45. The molecule has 3 heterocycles. The summed E-state index contributed by atoms with van der Waals surface area (Å²) in [4.78, 5) is 62.3. The second-order valence-electron chi connectivity index (χ2n) is 9.28. The minimum absolute atomic E-state index is 0.143. The Hall–Kier alpha value is -4.23. The summed E-state index contributed by atoms with van der Waals surface area (Å²) in [6, 6.07) is 3.15. The van der Waals surface area contributed by atoms with Crippen LogP contribution in [0.3, 0.4) is 0 Å². The summed E-state index contributed by atoms with van der Waals surface area (Å²) in [5.74, 6) is -3.08. The second-order valence-corrected chi connectivity index (χ2v) is 9.28.